The first-order chi connectivity index (χ1) is 10.2. The molecule has 1 aromatic carbocycles. The van der Waals surface area contributed by atoms with E-state index in [9.17, 15) is 9.18 Å². The van der Waals surface area contributed by atoms with Crippen LogP contribution in [0.1, 0.15) is 23.2 Å². The first kappa shape index (κ1) is 17.8. The van der Waals surface area contributed by atoms with Crippen molar-refractivity contribution >= 4 is 5.78 Å². The minimum absolute atomic E-state index is 0.0316. The van der Waals surface area contributed by atoms with E-state index in [0.717, 1.165) is 19.5 Å². The van der Waals surface area contributed by atoms with Crippen molar-refractivity contribution in [3.63, 3.8) is 0 Å². The van der Waals surface area contributed by atoms with Crippen LogP contribution in [0.5, 0.6) is 0 Å². The van der Waals surface area contributed by atoms with E-state index in [2.05, 4.69) is 4.90 Å². The van der Waals surface area contributed by atoms with E-state index >= 15 is 0 Å². The third-order valence-corrected chi connectivity index (χ3v) is 3.26. The molecule has 0 aliphatic rings. The molecule has 1 aromatic rings. The maximum atomic E-state index is 12.8. The van der Waals surface area contributed by atoms with E-state index < -0.39 is 0 Å². The van der Waals surface area contributed by atoms with E-state index in [0.29, 0.717) is 31.7 Å². The molecular formula is C16H24FNO3. The van der Waals surface area contributed by atoms with Crippen LogP contribution in [0.3, 0.4) is 0 Å². The van der Waals surface area contributed by atoms with Crippen LogP contribution in [0.25, 0.3) is 0 Å². The maximum absolute atomic E-state index is 12.8. The highest BCUT2D eigenvalue weighted by Gasteiger charge is 2.10. The number of carbonyl (C=O) groups excluding carboxylic acids is 1. The lowest BCUT2D eigenvalue weighted by Gasteiger charge is -2.21. The van der Waals surface area contributed by atoms with Gasteiger partial charge >= 0.3 is 0 Å². The second-order valence-electron chi connectivity index (χ2n) is 4.86. The maximum Gasteiger partial charge on any atom is 0.164 e. The van der Waals surface area contributed by atoms with Crippen LogP contribution in [0.15, 0.2) is 24.3 Å². The Morgan fingerprint density at radius 3 is 2.33 bits per heavy atom. The van der Waals surface area contributed by atoms with Crippen molar-refractivity contribution in [3.05, 3.63) is 35.6 Å². The normalized spacial score (nSPS) is 11.0. The number of hydrogen-bond acceptors (Lipinski definition) is 4. The molecule has 4 nitrogen and oxygen atoms in total. The summed E-state index contributed by atoms with van der Waals surface area (Å²) in [5.41, 5.74) is 0.556. The van der Waals surface area contributed by atoms with E-state index in [1.54, 1.807) is 14.2 Å². The molecule has 1 rings (SSSR count). The molecule has 0 heterocycles. The lowest BCUT2D eigenvalue weighted by atomic mass is 10.1. The van der Waals surface area contributed by atoms with Gasteiger partial charge in [0.2, 0.25) is 0 Å². The van der Waals surface area contributed by atoms with E-state index in [4.69, 9.17) is 9.47 Å². The number of carbonyl (C=O) groups is 1. The van der Waals surface area contributed by atoms with Gasteiger partial charge in [-0.3, -0.25) is 4.79 Å². The van der Waals surface area contributed by atoms with Crippen molar-refractivity contribution in [2.45, 2.75) is 12.8 Å². The highest BCUT2D eigenvalue weighted by molar-refractivity contribution is 5.96. The summed E-state index contributed by atoms with van der Waals surface area (Å²) in [5.74, 6) is -0.294. The molecule has 0 N–H and O–H groups in total. The first-order valence-corrected chi connectivity index (χ1v) is 7.16. The number of hydrogen-bond donors (Lipinski definition) is 0. The molecule has 0 aliphatic heterocycles. The van der Waals surface area contributed by atoms with Crippen molar-refractivity contribution in [3.8, 4) is 0 Å². The van der Waals surface area contributed by atoms with Crippen molar-refractivity contribution in [1.29, 1.82) is 0 Å². The van der Waals surface area contributed by atoms with Crippen LogP contribution < -0.4 is 0 Å². The lowest BCUT2D eigenvalue weighted by Crippen LogP contribution is -2.31. The number of benzene rings is 1. The zero-order valence-electron chi connectivity index (χ0n) is 12.8. The molecule has 0 spiro atoms. The summed E-state index contributed by atoms with van der Waals surface area (Å²) in [6, 6.07) is 5.69. The molecule has 21 heavy (non-hydrogen) atoms. The molecule has 0 atom stereocenters. The quantitative estimate of drug-likeness (QED) is 0.464. The average Bonchev–Trinajstić information content (AvgIpc) is 2.50. The molecule has 0 aliphatic carbocycles. The van der Waals surface area contributed by atoms with Crippen molar-refractivity contribution in [2.75, 3.05) is 47.1 Å². The van der Waals surface area contributed by atoms with Gasteiger partial charge in [-0.1, -0.05) is 0 Å². The van der Waals surface area contributed by atoms with Crippen LogP contribution in [0.4, 0.5) is 4.39 Å². The Kier molecular flexibility index (Phi) is 8.82. The largest absolute Gasteiger partial charge is 0.385 e. The molecular weight excluding hydrogens is 273 g/mol. The Balaban J connectivity index is 2.42. The van der Waals surface area contributed by atoms with Crippen LogP contribution in [0, 0.1) is 5.82 Å². The van der Waals surface area contributed by atoms with E-state index in [1.807, 2.05) is 0 Å². The van der Waals surface area contributed by atoms with Gasteiger partial charge in [0.25, 0.3) is 0 Å². The Morgan fingerprint density at radius 2 is 1.71 bits per heavy atom. The highest BCUT2D eigenvalue weighted by Crippen LogP contribution is 2.07. The zero-order valence-corrected chi connectivity index (χ0v) is 12.8. The minimum Gasteiger partial charge on any atom is -0.385 e. The van der Waals surface area contributed by atoms with Crippen LogP contribution in [-0.4, -0.2) is 57.8 Å². The summed E-state index contributed by atoms with van der Waals surface area (Å²) in [7, 11) is 3.34. The van der Waals surface area contributed by atoms with Crippen molar-refractivity contribution in [1.82, 2.24) is 4.90 Å². The summed E-state index contributed by atoms with van der Waals surface area (Å²) in [4.78, 5) is 14.2. The summed E-state index contributed by atoms with van der Waals surface area (Å²) in [6.07, 6.45) is 1.34. The summed E-state index contributed by atoms with van der Waals surface area (Å²) >= 11 is 0. The third-order valence-electron chi connectivity index (χ3n) is 3.26. The van der Waals surface area contributed by atoms with E-state index in [-0.39, 0.29) is 11.6 Å². The average molecular weight is 297 g/mol. The molecule has 5 heteroatoms. The Hall–Kier alpha value is -1.30. The van der Waals surface area contributed by atoms with Crippen LogP contribution in [-0.2, 0) is 9.47 Å². The van der Waals surface area contributed by atoms with Gasteiger partial charge in [-0.05, 0) is 30.7 Å². The Morgan fingerprint density at radius 1 is 1.05 bits per heavy atom. The topological polar surface area (TPSA) is 38.8 Å². The molecule has 0 aromatic heterocycles. The van der Waals surface area contributed by atoms with Gasteiger partial charge in [-0.25, -0.2) is 4.39 Å². The summed E-state index contributed by atoms with van der Waals surface area (Å²) in [5, 5.41) is 0. The second-order valence-corrected chi connectivity index (χ2v) is 4.86. The SMILES string of the molecule is COCCCN(CCOC)CCC(=O)c1ccc(F)cc1. The summed E-state index contributed by atoms with van der Waals surface area (Å²) in [6.45, 7) is 3.67. The molecule has 0 saturated carbocycles. The molecule has 0 saturated heterocycles. The highest BCUT2D eigenvalue weighted by atomic mass is 19.1. The molecule has 0 bridgehead atoms. The smallest absolute Gasteiger partial charge is 0.164 e. The molecule has 118 valence electrons. The number of ketones is 1. The third kappa shape index (κ3) is 7.32. The number of nitrogens with zero attached hydrogens (tertiary/aromatic N) is 1. The summed E-state index contributed by atoms with van der Waals surface area (Å²) < 4.78 is 23.0. The fourth-order valence-corrected chi connectivity index (χ4v) is 2.03. The number of halogens is 1. The number of methoxy groups -OCH3 is 2. The monoisotopic (exact) mass is 297 g/mol. The lowest BCUT2D eigenvalue weighted by molar-refractivity contribution is 0.0940. The fraction of sp³-hybridized carbons (Fsp3) is 0.562. The van der Waals surface area contributed by atoms with Gasteiger partial charge in [0.15, 0.2) is 5.78 Å². The Bertz CT molecular complexity index is 408. The van der Waals surface area contributed by atoms with Gasteiger partial charge in [0.1, 0.15) is 5.82 Å². The van der Waals surface area contributed by atoms with Gasteiger partial charge in [-0.2, -0.15) is 0 Å². The molecule has 0 radical (unpaired) electrons. The molecule has 0 amide bonds. The number of ether oxygens (including phenoxy) is 2. The van der Waals surface area contributed by atoms with Gasteiger partial charge < -0.3 is 14.4 Å². The number of Topliss-reactive ketones (excluding diaryl/α,β-unsaturated/α-hetero) is 1. The van der Waals surface area contributed by atoms with Crippen LogP contribution in [0.2, 0.25) is 0 Å². The van der Waals surface area contributed by atoms with Crippen molar-refractivity contribution < 1.29 is 18.7 Å². The minimum atomic E-state index is -0.326. The Labute approximate surface area is 125 Å². The first-order valence-electron chi connectivity index (χ1n) is 7.16. The zero-order chi connectivity index (χ0) is 15.5. The standard InChI is InChI=1S/C16H24FNO3/c1-20-12-3-9-18(11-13-21-2)10-8-16(19)14-4-6-15(17)7-5-14/h4-7H,3,8-13H2,1-2H3. The number of rotatable bonds is 11. The van der Waals surface area contributed by atoms with Gasteiger partial charge in [0, 0.05) is 52.4 Å². The van der Waals surface area contributed by atoms with Crippen molar-refractivity contribution in [2.24, 2.45) is 0 Å². The van der Waals surface area contributed by atoms with Gasteiger partial charge in [-0.15, -0.1) is 0 Å². The molecule has 0 unspecified atom stereocenters. The van der Waals surface area contributed by atoms with Gasteiger partial charge in [0.05, 0.1) is 6.61 Å². The predicted molar refractivity (Wildman–Crippen MR) is 80.2 cm³/mol. The fourth-order valence-electron chi connectivity index (χ4n) is 2.03. The van der Waals surface area contributed by atoms with Crippen LogP contribution >= 0.6 is 0 Å². The molecule has 0 fully saturated rings. The van der Waals surface area contributed by atoms with E-state index in [1.165, 1.54) is 24.3 Å². The second kappa shape index (κ2) is 10.4. The predicted octanol–water partition coefficient (Wildman–Crippen LogP) is 2.38.